The number of para-hydroxylation sites is 2. The third-order valence-corrected chi connectivity index (χ3v) is 4.37. The lowest BCUT2D eigenvalue weighted by Crippen LogP contribution is -2.45. The molecule has 0 radical (unpaired) electrons. The highest BCUT2D eigenvalue weighted by molar-refractivity contribution is 6.31. The van der Waals surface area contributed by atoms with E-state index in [4.69, 9.17) is 21.1 Å². The summed E-state index contributed by atoms with van der Waals surface area (Å²) in [5.74, 6) is -0.539. The van der Waals surface area contributed by atoms with Gasteiger partial charge in [-0.2, -0.15) is 0 Å². The zero-order chi connectivity index (χ0) is 18.7. The Morgan fingerprint density at radius 1 is 1.31 bits per heavy atom. The molecule has 0 spiro atoms. The molecular formula is C19H17ClFNO4. The maximum absolute atomic E-state index is 13.0. The summed E-state index contributed by atoms with van der Waals surface area (Å²) in [6.07, 6.45) is -0.593. The van der Waals surface area contributed by atoms with E-state index in [1.165, 1.54) is 17.0 Å². The van der Waals surface area contributed by atoms with Crippen LogP contribution < -0.4 is 9.64 Å². The van der Waals surface area contributed by atoms with Crippen molar-refractivity contribution < 1.29 is 23.5 Å². The van der Waals surface area contributed by atoms with Crippen LogP contribution in [0.4, 0.5) is 10.1 Å². The number of benzene rings is 2. The molecule has 1 atom stereocenters. The molecule has 7 heteroatoms. The Kier molecular flexibility index (Phi) is 5.42. The van der Waals surface area contributed by atoms with Crippen LogP contribution in [0.2, 0.25) is 5.02 Å². The molecule has 0 fully saturated rings. The Balaban J connectivity index is 1.59. The number of carbonyl (C=O) groups excluding carboxylic acids is 2. The molecule has 0 N–H and O–H groups in total. The second-order valence-corrected chi connectivity index (χ2v) is 6.27. The van der Waals surface area contributed by atoms with Crippen molar-refractivity contribution in [2.75, 3.05) is 11.4 Å². The predicted octanol–water partition coefficient (Wildman–Crippen LogP) is 3.73. The maximum atomic E-state index is 13.0. The van der Waals surface area contributed by atoms with Gasteiger partial charge in [0.2, 0.25) is 0 Å². The van der Waals surface area contributed by atoms with E-state index in [-0.39, 0.29) is 30.5 Å². The lowest BCUT2D eigenvalue weighted by molar-refractivity contribution is -0.144. The molecule has 2 aromatic rings. The second-order valence-electron chi connectivity index (χ2n) is 5.86. The van der Waals surface area contributed by atoms with Gasteiger partial charge in [0.1, 0.15) is 18.2 Å². The fourth-order valence-electron chi connectivity index (χ4n) is 2.66. The molecule has 136 valence electrons. The van der Waals surface area contributed by atoms with Gasteiger partial charge in [-0.15, -0.1) is 0 Å². The minimum absolute atomic E-state index is 0.0195. The molecule has 1 aliphatic rings. The normalized spacial score (nSPS) is 16.0. The predicted molar refractivity (Wildman–Crippen MR) is 94.7 cm³/mol. The third kappa shape index (κ3) is 3.96. The molecule has 0 saturated heterocycles. The van der Waals surface area contributed by atoms with Crippen LogP contribution in [0, 0.1) is 5.82 Å². The molecule has 2 aromatic carbocycles. The Morgan fingerprint density at radius 2 is 2.08 bits per heavy atom. The number of ether oxygens (including phenoxy) is 2. The quantitative estimate of drug-likeness (QED) is 0.745. The van der Waals surface area contributed by atoms with E-state index < -0.39 is 17.9 Å². The largest absolute Gasteiger partial charge is 0.479 e. The molecular weight excluding hydrogens is 361 g/mol. The van der Waals surface area contributed by atoms with E-state index in [1.54, 1.807) is 25.1 Å². The fourth-order valence-corrected chi connectivity index (χ4v) is 2.88. The van der Waals surface area contributed by atoms with E-state index in [1.807, 2.05) is 6.07 Å². The van der Waals surface area contributed by atoms with E-state index in [9.17, 15) is 14.0 Å². The van der Waals surface area contributed by atoms with Crippen LogP contribution in [0.15, 0.2) is 42.5 Å². The van der Waals surface area contributed by atoms with Gasteiger partial charge in [0, 0.05) is 12.1 Å². The number of halogens is 2. The Labute approximate surface area is 155 Å². The van der Waals surface area contributed by atoms with E-state index in [0.29, 0.717) is 17.0 Å². The molecule has 0 bridgehead atoms. The van der Waals surface area contributed by atoms with Gasteiger partial charge in [0.05, 0.1) is 17.1 Å². The number of hydrogen-bond donors (Lipinski definition) is 0. The van der Waals surface area contributed by atoms with Crippen molar-refractivity contribution in [3.63, 3.8) is 0 Å². The van der Waals surface area contributed by atoms with Crippen molar-refractivity contribution in [2.45, 2.75) is 26.1 Å². The fraction of sp³-hybridized carbons (Fsp3) is 0.263. The number of esters is 1. The van der Waals surface area contributed by atoms with Crippen molar-refractivity contribution in [1.29, 1.82) is 0 Å². The van der Waals surface area contributed by atoms with Crippen molar-refractivity contribution in [1.82, 2.24) is 0 Å². The molecule has 1 amide bonds. The molecule has 0 saturated carbocycles. The van der Waals surface area contributed by atoms with Gasteiger partial charge < -0.3 is 14.4 Å². The van der Waals surface area contributed by atoms with Crippen LogP contribution >= 0.6 is 11.6 Å². The van der Waals surface area contributed by atoms with Gasteiger partial charge in [-0.1, -0.05) is 29.8 Å². The Morgan fingerprint density at radius 3 is 2.85 bits per heavy atom. The summed E-state index contributed by atoms with van der Waals surface area (Å²) in [4.78, 5) is 25.9. The first kappa shape index (κ1) is 18.2. The molecule has 0 aliphatic carbocycles. The van der Waals surface area contributed by atoms with Crippen LogP contribution in [-0.4, -0.2) is 24.5 Å². The van der Waals surface area contributed by atoms with Gasteiger partial charge in [-0.25, -0.2) is 4.39 Å². The summed E-state index contributed by atoms with van der Waals surface area (Å²) in [6, 6.07) is 11.0. The number of hydrogen-bond acceptors (Lipinski definition) is 4. The van der Waals surface area contributed by atoms with Crippen LogP contribution in [0.3, 0.4) is 0 Å². The zero-order valence-corrected chi connectivity index (χ0v) is 14.8. The minimum Gasteiger partial charge on any atom is -0.479 e. The maximum Gasteiger partial charge on any atom is 0.307 e. The average Bonchev–Trinajstić information content (AvgIpc) is 2.61. The number of carbonyl (C=O) groups is 2. The van der Waals surface area contributed by atoms with E-state index in [2.05, 4.69) is 0 Å². The zero-order valence-electron chi connectivity index (χ0n) is 14.1. The number of nitrogens with zero attached hydrogens (tertiary/aromatic N) is 1. The molecule has 1 heterocycles. The highest BCUT2D eigenvalue weighted by Gasteiger charge is 2.31. The summed E-state index contributed by atoms with van der Waals surface area (Å²) in [6.45, 7) is 1.79. The van der Waals surface area contributed by atoms with Crippen LogP contribution in [0.1, 0.15) is 18.9 Å². The Bertz CT molecular complexity index is 842. The molecule has 1 aliphatic heterocycles. The summed E-state index contributed by atoms with van der Waals surface area (Å²) >= 11 is 5.91. The smallest absolute Gasteiger partial charge is 0.307 e. The molecule has 0 aromatic heterocycles. The lowest BCUT2D eigenvalue weighted by atomic mass is 10.2. The first-order chi connectivity index (χ1) is 12.5. The van der Waals surface area contributed by atoms with Crippen molar-refractivity contribution in [3.8, 4) is 5.75 Å². The molecule has 3 rings (SSSR count). The van der Waals surface area contributed by atoms with Gasteiger partial charge in [-0.3, -0.25) is 9.59 Å². The van der Waals surface area contributed by atoms with Crippen LogP contribution in [-0.2, 0) is 20.9 Å². The van der Waals surface area contributed by atoms with Crippen molar-refractivity contribution >= 4 is 29.2 Å². The first-order valence-corrected chi connectivity index (χ1v) is 8.50. The number of fused-ring (bicyclic) bond motifs is 1. The molecule has 1 unspecified atom stereocenters. The first-order valence-electron chi connectivity index (χ1n) is 8.12. The SMILES string of the molecule is CC1Oc2ccccc2N(CCC(=O)OCc2ccc(F)cc2Cl)C1=O. The average molecular weight is 378 g/mol. The number of amides is 1. The van der Waals surface area contributed by atoms with Crippen LogP contribution in [0.25, 0.3) is 0 Å². The third-order valence-electron chi connectivity index (χ3n) is 4.02. The number of anilines is 1. The topological polar surface area (TPSA) is 55.8 Å². The van der Waals surface area contributed by atoms with Gasteiger partial charge in [-0.05, 0) is 31.2 Å². The molecule has 5 nitrogen and oxygen atoms in total. The van der Waals surface area contributed by atoms with E-state index >= 15 is 0 Å². The summed E-state index contributed by atoms with van der Waals surface area (Å²) in [5, 5.41) is 0.198. The minimum atomic E-state index is -0.612. The van der Waals surface area contributed by atoms with Gasteiger partial charge >= 0.3 is 5.97 Å². The lowest BCUT2D eigenvalue weighted by Gasteiger charge is -2.32. The van der Waals surface area contributed by atoms with Gasteiger partial charge in [0.25, 0.3) is 5.91 Å². The van der Waals surface area contributed by atoms with Crippen molar-refractivity contribution in [3.05, 3.63) is 58.9 Å². The highest BCUT2D eigenvalue weighted by atomic mass is 35.5. The summed E-state index contributed by atoms with van der Waals surface area (Å²) < 4.78 is 23.8. The molecule has 26 heavy (non-hydrogen) atoms. The monoisotopic (exact) mass is 377 g/mol. The number of rotatable bonds is 5. The summed E-state index contributed by atoms with van der Waals surface area (Å²) in [7, 11) is 0. The van der Waals surface area contributed by atoms with Crippen LogP contribution in [0.5, 0.6) is 5.75 Å². The second kappa shape index (κ2) is 7.74. The summed E-state index contributed by atoms with van der Waals surface area (Å²) in [5.41, 5.74) is 1.15. The van der Waals surface area contributed by atoms with E-state index in [0.717, 1.165) is 6.07 Å². The Hall–Kier alpha value is -2.60. The highest BCUT2D eigenvalue weighted by Crippen LogP contribution is 2.33. The standard InChI is InChI=1S/C19H17ClFNO4/c1-12-19(24)22(16-4-2-3-5-17(16)26-12)9-8-18(23)25-11-13-6-7-14(21)10-15(13)20/h2-7,10,12H,8-9,11H2,1H3. The van der Waals surface area contributed by atoms with Gasteiger partial charge in [0.15, 0.2) is 6.10 Å². The van der Waals surface area contributed by atoms with Crippen molar-refractivity contribution in [2.24, 2.45) is 0 Å².